The number of carbonyl (C=O) groups excluding carboxylic acids is 2. The van der Waals surface area contributed by atoms with Crippen LogP contribution in [0.25, 0.3) is 0 Å². The van der Waals surface area contributed by atoms with Crippen molar-refractivity contribution in [2.24, 2.45) is 11.5 Å². The number of anilines is 1. The van der Waals surface area contributed by atoms with E-state index in [1.54, 1.807) is 24.3 Å². The lowest BCUT2D eigenvalue weighted by Gasteiger charge is -2.21. The van der Waals surface area contributed by atoms with Crippen LogP contribution in [0.2, 0.25) is 0 Å². The van der Waals surface area contributed by atoms with Crippen molar-refractivity contribution in [2.75, 3.05) is 31.5 Å². The van der Waals surface area contributed by atoms with Crippen molar-refractivity contribution in [1.29, 1.82) is 0 Å². The van der Waals surface area contributed by atoms with Crippen LogP contribution in [0, 0.1) is 0 Å². The first-order valence-electron chi connectivity index (χ1n) is 8.74. The van der Waals surface area contributed by atoms with Gasteiger partial charge in [0.1, 0.15) is 0 Å². The predicted octanol–water partition coefficient (Wildman–Crippen LogP) is 1.62. The molecule has 0 bridgehead atoms. The third kappa shape index (κ3) is 6.66. The maximum Gasteiger partial charge on any atom is 0.248 e. The van der Waals surface area contributed by atoms with Crippen LogP contribution in [0.5, 0.6) is 0 Å². The summed E-state index contributed by atoms with van der Waals surface area (Å²) in [5.74, 6) is -0.558. The quantitative estimate of drug-likeness (QED) is 0.603. The number of benzene rings is 2. The van der Waals surface area contributed by atoms with Gasteiger partial charge in [-0.25, -0.2) is 0 Å². The van der Waals surface area contributed by atoms with Gasteiger partial charge in [0.05, 0.1) is 0 Å². The van der Waals surface area contributed by atoms with Gasteiger partial charge < -0.3 is 21.7 Å². The first-order valence-corrected chi connectivity index (χ1v) is 8.74. The number of hydrogen-bond acceptors (Lipinski definition) is 4. The summed E-state index contributed by atoms with van der Waals surface area (Å²) in [6.45, 7) is 2.83. The van der Waals surface area contributed by atoms with Crippen molar-refractivity contribution in [2.45, 2.75) is 12.8 Å². The number of hydrogen-bond donors (Lipinski definition) is 3. The molecule has 2 aromatic carbocycles. The maximum absolute atomic E-state index is 12.2. The van der Waals surface area contributed by atoms with Gasteiger partial charge in [-0.1, -0.05) is 30.3 Å². The summed E-state index contributed by atoms with van der Waals surface area (Å²) in [5, 5.41) is 2.83. The largest absolute Gasteiger partial charge is 0.366 e. The molecule has 0 aliphatic rings. The molecule has 0 atom stereocenters. The number of nitrogens with one attached hydrogen (secondary N) is 1. The highest BCUT2D eigenvalue weighted by atomic mass is 16.2. The van der Waals surface area contributed by atoms with E-state index in [1.165, 1.54) is 5.56 Å². The lowest BCUT2D eigenvalue weighted by atomic mass is 10.1. The van der Waals surface area contributed by atoms with E-state index in [1.807, 2.05) is 18.2 Å². The van der Waals surface area contributed by atoms with Gasteiger partial charge >= 0.3 is 0 Å². The van der Waals surface area contributed by atoms with Crippen molar-refractivity contribution in [3.05, 3.63) is 65.7 Å². The Morgan fingerprint density at radius 2 is 1.62 bits per heavy atom. The molecule has 0 heterocycles. The van der Waals surface area contributed by atoms with Crippen molar-refractivity contribution in [3.8, 4) is 0 Å². The molecule has 6 nitrogen and oxygen atoms in total. The Morgan fingerprint density at radius 3 is 2.23 bits per heavy atom. The average molecular weight is 354 g/mol. The molecular weight excluding hydrogens is 328 g/mol. The summed E-state index contributed by atoms with van der Waals surface area (Å²) in [6.07, 6.45) is 1.31. The highest BCUT2D eigenvalue weighted by molar-refractivity contribution is 5.94. The Kier molecular flexibility index (Phi) is 7.79. The summed E-state index contributed by atoms with van der Waals surface area (Å²) in [7, 11) is 0. The molecule has 0 radical (unpaired) electrons. The smallest absolute Gasteiger partial charge is 0.248 e. The van der Waals surface area contributed by atoms with Crippen molar-refractivity contribution < 1.29 is 9.59 Å². The summed E-state index contributed by atoms with van der Waals surface area (Å²) in [5.41, 5.74) is 13.2. The molecule has 2 aromatic rings. The standard InChI is InChI=1S/C20H26N4O2/c21-12-15-24(13-10-16-4-2-1-3-5-16)14-11-19(25)23-18-8-6-17(7-9-18)20(22)26/h1-9H,10-15,21H2,(H2,22,26)(H,23,25). The Balaban J connectivity index is 1.79. The molecule has 0 aliphatic carbocycles. The van der Waals surface area contributed by atoms with Crippen LogP contribution in [0.4, 0.5) is 5.69 Å². The van der Waals surface area contributed by atoms with Gasteiger partial charge in [0.2, 0.25) is 11.8 Å². The molecule has 0 saturated heterocycles. The first-order chi connectivity index (χ1) is 12.6. The Labute approximate surface area is 154 Å². The van der Waals surface area contributed by atoms with Crippen molar-refractivity contribution in [3.63, 3.8) is 0 Å². The van der Waals surface area contributed by atoms with E-state index in [4.69, 9.17) is 11.5 Å². The Morgan fingerprint density at radius 1 is 0.923 bits per heavy atom. The van der Waals surface area contributed by atoms with Crippen molar-refractivity contribution >= 4 is 17.5 Å². The molecule has 0 saturated carbocycles. The van der Waals surface area contributed by atoms with Gasteiger partial charge in [-0.2, -0.15) is 0 Å². The van der Waals surface area contributed by atoms with Crippen LogP contribution in [0.15, 0.2) is 54.6 Å². The van der Waals surface area contributed by atoms with Crippen LogP contribution < -0.4 is 16.8 Å². The molecule has 2 amide bonds. The minimum atomic E-state index is -0.487. The first kappa shape index (κ1) is 19.6. The van der Waals surface area contributed by atoms with Crippen LogP contribution >= 0.6 is 0 Å². The zero-order valence-electron chi connectivity index (χ0n) is 14.9. The van der Waals surface area contributed by atoms with Gasteiger partial charge in [0.15, 0.2) is 0 Å². The molecule has 0 aromatic heterocycles. The molecule has 6 heteroatoms. The van der Waals surface area contributed by atoms with E-state index in [0.717, 1.165) is 19.5 Å². The fraction of sp³-hybridized carbons (Fsp3) is 0.300. The highest BCUT2D eigenvalue weighted by Crippen LogP contribution is 2.10. The van der Waals surface area contributed by atoms with Gasteiger partial charge in [0.25, 0.3) is 0 Å². The molecular formula is C20H26N4O2. The third-order valence-electron chi connectivity index (χ3n) is 4.11. The van der Waals surface area contributed by atoms with E-state index >= 15 is 0 Å². The second kappa shape index (κ2) is 10.3. The number of carbonyl (C=O) groups is 2. The lowest BCUT2D eigenvalue weighted by Crippen LogP contribution is -2.34. The fourth-order valence-corrected chi connectivity index (χ4v) is 2.65. The van der Waals surface area contributed by atoms with E-state index in [-0.39, 0.29) is 5.91 Å². The lowest BCUT2D eigenvalue weighted by molar-refractivity contribution is -0.116. The summed E-state index contributed by atoms with van der Waals surface area (Å²) >= 11 is 0. The number of amides is 2. The molecule has 2 rings (SSSR count). The summed E-state index contributed by atoms with van der Waals surface area (Å²) < 4.78 is 0. The second-order valence-corrected chi connectivity index (χ2v) is 6.11. The monoisotopic (exact) mass is 354 g/mol. The number of nitrogens with zero attached hydrogens (tertiary/aromatic N) is 1. The van der Waals surface area contributed by atoms with E-state index in [9.17, 15) is 9.59 Å². The summed E-state index contributed by atoms with van der Waals surface area (Å²) in [4.78, 5) is 25.4. The van der Waals surface area contributed by atoms with E-state index in [2.05, 4.69) is 22.3 Å². The number of rotatable bonds is 10. The zero-order chi connectivity index (χ0) is 18.8. The van der Waals surface area contributed by atoms with Crippen molar-refractivity contribution in [1.82, 2.24) is 4.90 Å². The van der Waals surface area contributed by atoms with Crippen LogP contribution in [-0.2, 0) is 11.2 Å². The molecule has 0 spiro atoms. The SMILES string of the molecule is NCCN(CCC(=O)Nc1ccc(C(N)=O)cc1)CCc1ccccc1. The zero-order valence-corrected chi connectivity index (χ0v) is 14.9. The normalized spacial score (nSPS) is 10.7. The van der Waals surface area contributed by atoms with Crippen LogP contribution in [0.3, 0.4) is 0 Å². The van der Waals surface area contributed by atoms with Gasteiger partial charge in [-0.05, 0) is 36.2 Å². The minimum absolute atomic E-state index is 0.0708. The van der Waals surface area contributed by atoms with Gasteiger partial charge in [-0.3, -0.25) is 9.59 Å². The van der Waals surface area contributed by atoms with Crippen LogP contribution in [0.1, 0.15) is 22.3 Å². The molecule has 138 valence electrons. The highest BCUT2D eigenvalue weighted by Gasteiger charge is 2.09. The minimum Gasteiger partial charge on any atom is -0.366 e. The maximum atomic E-state index is 12.2. The van der Waals surface area contributed by atoms with Gasteiger partial charge in [-0.15, -0.1) is 0 Å². The number of primary amides is 1. The molecule has 0 fully saturated rings. The Hall–Kier alpha value is -2.70. The molecule has 0 unspecified atom stereocenters. The Bertz CT molecular complexity index is 702. The average Bonchev–Trinajstić information content (AvgIpc) is 2.65. The number of nitrogens with two attached hydrogens (primary N) is 2. The van der Waals surface area contributed by atoms with E-state index in [0.29, 0.717) is 30.8 Å². The second-order valence-electron chi connectivity index (χ2n) is 6.11. The van der Waals surface area contributed by atoms with Gasteiger partial charge in [0, 0.05) is 43.9 Å². The predicted molar refractivity (Wildman–Crippen MR) is 104 cm³/mol. The molecule has 26 heavy (non-hydrogen) atoms. The van der Waals surface area contributed by atoms with Crippen LogP contribution in [-0.4, -0.2) is 42.9 Å². The molecule has 5 N–H and O–H groups in total. The van der Waals surface area contributed by atoms with E-state index < -0.39 is 5.91 Å². The third-order valence-corrected chi connectivity index (χ3v) is 4.11. The summed E-state index contributed by atoms with van der Waals surface area (Å²) in [6, 6.07) is 16.8. The fourth-order valence-electron chi connectivity index (χ4n) is 2.65. The topological polar surface area (TPSA) is 101 Å². The molecule has 0 aliphatic heterocycles.